The van der Waals surface area contributed by atoms with Crippen LogP contribution in [0.5, 0.6) is 0 Å². The summed E-state index contributed by atoms with van der Waals surface area (Å²) < 4.78 is 1.43. The zero-order valence-corrected chi connectivity index (χ0v) is 17.3. The van der Waals surface area contributed by atoms with Crippen LogP contribution in [0.2, 0.25) is 0 Å². The van der Waals surface area contributed by atoms with Crippen molar-refractivity contribution in [3.8, 4) is 0 Å². The van der Waals surface area contributed by atoms with E-state index in [0.717, 1.165) is 16.7 Å². The minimum Gasteiger partial charge on any atom is -0.340 e. The van der Waals surface area contributed by atoms with Gasteiger partial charge in [0, 0.05) is 7.05 Å². The van der Waals surface area contributed by atoms with Crippen molar-refractivity contribution in [1.29, 1.82) is 0 Å². The molecule has 0 spiro atoms. The quantitative estimate of drug-likeness (QED) is 0.557. The minimum absolute atomic E-state index is 0.138. The summed E-state index contributed by atoms with van der Waals surface area (Å²) in [5.41, 5.74) is 3.70. The van der Waals surface area contributed by atoms with Crippen molar-refractivity contribution in [3.05, 3.63) is 98.4 Å². The smallest absolute Gasteiger partial charge is 0.262 e. The summed E-state index contributed by atoms with van der Waals surface area (Å²) in [5.74, 6) is -0.206. The van der Waals surface area contributed by atoms with E-state index < -0.39 is 0 Å². The van der Waals surface area contributed by atoms with E-state index >= 15 is 0 Å². The third kappa shape index (κ3) is 3.59. The van der Waals surface area contributed by atoms with Crippen molar-refractivity contribution in [3.63, 3.8) is 0 Å². The lowest BCUT2D eigenvalue weighted by atomic mass is 9.97. The molecule has 1 atom stereocenters. The summed E-state index contributed by atoms with van der Waals surface area (Å²) >= 11 is 1.25. The lowest BCUT2D eigenvalue weighted by Gasteiger charge is -2.20. The van der Waals surface area contributed by atoms with Gasteiger partial charge in [-0.15, -0.1) is 11.3 Å². The van der Waals surface area contributed by atoms with Crippen LogP contribution in [0.3, 0.4) is 0 Å². The summed E-state index contributed by atoms with van der Waals surface area (Å²) in [5, 5.41) is 3.67. The molecule has 0 aliphatic heterocycles. The number of hydrogen-bond acceptors (Lipinski definition) is 4. The largest absolute Gasteiger partial charge is 0.340 e. The first-order valence-electron chi connectivity index (χ1n) is 9.33. The summed E-state index contributed by atoms with van der Waals surface area (Å²) in [6.07, 6.45) is 1.49. The van der Waals surface area contributed by atoms with Gasteiger partial charge < -0.3 is 9.88 Å². The molecule has 0 fully saturated rings. The number of thiophene rings is 1. The van der Waals surface area contributed by atoms with Gasteiger partial charge in [-0.3, -0.25) is 9.59 Å². The normalized spacial score (nSPS) is 12.1. The molecule has 0 radical (unpaired) electrons. The van der Waals surface area contributed by atoms with Gasteiger partial charge in [-0.1, -0.05) is 60.2 Å². The maximum Gasteiger partial charge on any atom is 0.262 e. The predicted molar refractivity (Wildman–Crippen MR) is 117 cm³/mol. The second kappa shape index (κ2) is 7.64. The third-order valence-corrected chi connectivity index (χ3v) is 6.23. The maximum absolute atomic E-state index is 13.2. The Balaban J connectivity index is 1.75. The molecule has 2 heterocycles. The molecule has 0 saturated carbocycles. The number of hydrogen-bond donors (Lipinski definition) is 1. The maximum atomic E-state index is 13.2. The number of aromatic nitrogens is 2. The van der Waals surface area contributed by atoms with E-state index in [1.165, 1.54) is 22.2 Å². The van der Waals surface area contributed by atoms with Crippen molar-refractivity contribution in [2.45, 2.75) is 19.9 Å². The first-order valence-corrected chi connectivity index (χ1v) is 10.1. The molecule has 2 aromatic carbocycles. The van der Waals surface area contributed by atoms with Gasteiger partial charge in [0.05, 0.1) is 22.6 Å². The molecule has 4 aromatic rings. The number of nitrogens with one attached hydrogen (secondary N) is 1. The fourth-order valence-electron chi connectivity index (χ4n) is 3.39. The molecule has 2 aromatic heterocycles. The van der Waals surface area contributed by atoms with Crippen LogP contribution in [0.25, 0.3) is 10.2 Å². The molecule has 1 unspecified atom stereocenters. The highest BCUT2D eigenvalue weighted by Crippen LogP contribution is 2.29. The molecule has 0 aliphatic rings. The molecule has 1 N–H and O–H groups in total. The third-order valence-electron chi connectivity index (χ3n) is 5.04. The molecule has 29 heavy (non-hydrogen) atoms. The topological polar surface area (TPSA) is 64.0 Å². The Labute approximate surface area is 172 Å². The van der Waals surface area contributed by atoms with Gasteiger partial charge in [-0.2, -0.15) is 0 Å². The average molecular weight is 404 g/mol. The molecule has 6 heteroatoms. The average Bonchev–Trinajstić information content (AvgIpc) is 3.07. The minimum atomic E-state index is -0.287. The van der Waals surface area contributed by atoms with Gasteiger partial charge in [0.15, 0.2) is 0 Å². The predicted octanol–water partition coefficient (Wildman–Crippen LogP) is 4.13. The Morgan fingerprint density at radius 1 is 1.03 bits per heavy atom. The van der Waals surface area contributed by atoms with E-state index in [1.807, 2.05) is 61.5 Å². The van der Waals surface area contributed by atoms with E-state index in [9.17, 15) is 9.59 Å². The van der Waals surface area contributed by atoms with E-state index in [1.54, 1.807) is 14.0 Å². The van der Waals surface area contributed by atoms with Gasteiger partial charge in [0.2, 0.25) is 0 Å². The van der Waals surface area contributed by atoms with Crippen molar-refractivity contribution < 1.29 is 4.79 Å². The lowest BCUT2D eigenvalue weighted by molar-refractivity contribution is 0.0946. The Bertz CT molecular complexity index is 1240. The molecule has 4 rings (SSSR count). The van der Waals surface area contributed by atoms with Crippen LogP contribution in [-0.4, -0.2) is 15.5 Å². The zero-order valence-electron chi connectivity index (χ0n) is 16.5. The number of amides is 1. The van der Waals surface area contributed by atoms with E-state index in [2.05, 4.69) is 10.3 Å². The van der Waals surface area contributed by atoms with Gasteiger partial charge in [0.1, 0.15) is 4.83 Å². The van der Waals surface area contributed by atoms with Crippen LogP contribution in [0.4, 0.5) is 0 Å². The lowest BCUT2D eigenvalue weighted by Crippen LogP contribution is -2.29. The highest BCUT2D eigenvalue weighted by atomic mass is 32.1. The second-order valence-corrected chi connectivity index (χ2v) is 8.12. The number of rotatable bonds is 4. The van der Waals surface area contributed by atoms with Crippen molar-refractivity contribution in [1.82, 2.24) is 14.9 Å². The van der Waals surface area contributed by atoms with Crippen molar-refractivity contribution in [2.75, 3.05) is 0 Å². The van der Waals surface area contributed by atoms with Crippen LogP contribution < -0.4 is 10.9 Å². The Morgan fingerprint density at radius 2 is 1.69 bits per heavy atom. The number of carbonyl (C=O) groups is 1. The van der Waals surface area contributed by atoms with E-state index in [4.69, 9.17) is 0 Å². The van der Waals surface area contributed by atoms with E-state index in [0.29, 0.717) is 20.7 Å². The van der Waals surface area contributed by atoms with Crippen LogP contribution in [-0.2, 0) is 7.05 Å². The summed E-state index contributed by atoms with van der Waals surface area (Å²) in [7, 11) is 1.66. The fraction of sp³-hybridized carbons (Fsp3) is 0.174. The van der Waals surface area contributed by atoms with Gasteiger partial charge >= 0.3 is 0 Å². The summed E-state index contributed by atoms with van der Waals surface area (Å²) in [6, 6.07) is 17.7. The SMILES string of the molecule is Cc1ccc(C(NC(=O)c2sc3ncn(C)c(=O)c3c2C)c2ccccc2)cc1. The van der Waals surface area contributed by atoms with E-state index in [-0.39, 0.29) is 17.5 Å². The van der Waals surface area contributed by atoms with Crippen molar-refractivity contribution in [2.24, 2.45) is 7.05 Å². The number of nitrogens with zero attached hydrogens (tertiary/aromatic N) is 2. The molecule has 0 aliphatic carbocycles. The van der Waals surface area contributed by atoms with Gasteiger partial charge in [-0.05, 0) is 30.5 Å². The summed E-state index contributed by atoms with van der Waals surface area (Å²) in [6.45, 7) is 3.84. The van der Waals surface area contributed by atoms with Crippen LogP contribution in [0.15, 0.2) is 65.7 Å². The first-order chi connectivity index (χ1) is 14.0. The van der Waals surface area contributed by atoms with Crippen LogP contribution in [0.1, 0.15) is 38.0 Å². The molecule has 5 nitrogen and oxygen atoms in total. The molecule has 0 bridgehead atoms. The van der Waals surface area contributed by atoms with Gasteiger partial charge in [-0.25, -0.2) is 4.98 Å². The second-order valence-electron chi connectivity index (χ2n) is 7.12. The fourth-order valence-corrected chi connectivity index (χ4v) is 4.43. The highest BCUT2D eigenvalue weighted by molar-refractivity contribution is 7.20. The first kappa shape index (κ1) is 19.1. The molecule has 1 amide bonds. The number of benzene rings is 2. The van der Waals surface area contributed by atoms with Crippen LogP contribution >= 0.6 is 11.3 Å². The zero-order chi connectivity index (χ0) is 20.5. The highest BCUT2D eigenvalue weighted by Gasteiger charge is 2.23. The number of fused-ring (bicyclic) bond motifs is 1. The molecular weight excluding hydrogens is 382 g/mol. The Kier molecular flexibility index (Phi) is 5.03. The molecule has 0 saturated heterocycles. The Hall–Kier alpha value is -3.25. The van der Waals surface area contributed by atoms with Crippen LogP contribution in [0, 0.1) is 13.8 Å². The molecule has 146 valence electrons. The standard InChI is InChI=1S/C23H21N3O2S/c1-14-9-11-17(12-10-14)19(16-7-5-4-6-8-16)25-21(27)20-15(2)18-22(29-20)24-13-26(3)23(18)28/h4-13,19H,1-3H3,(H,25,27). The molecular formula is C23H21N3O2S. The number of aryl methyl sites for hydroxylation is 3. The summed E-state index contributed by atoms with van der Waals surface area (Å²) in [4.78, 5) is 31.1. The number of carbonyl (C=O) groups excluding carboxylic acids is 1. The van der Waals surface area contributed by atoms with Gasteiger partial charge in [0.25, 0.3) is 11.5 Å². The Morgan fingerprint density at radius 3 is 2.38 bits per heavy atom. The van der Waals surface area contributed by atoms with Crippen molar-refractivity contribution >= 4 is 27.5 Å². The monoisotopic (exact) mass is 403 g/mol.